The molecule has 0 N–H and O–H groups in total. The Balaban J connectivity index is 5.52. The van der Waals surface area contributed by atoms with Gasteiger partial charge in [0.1, 0.15) is 0 Å². The minimum Gasteiger partial charge on any atom is -0.0551 e. The van der Waals surface area contributed by atoms with Crippen molar-refractivity contribution in [1.29, 1.82) is 0 Å². The Morgan fingerprint density at radius 3 is 0.737 bits per heavy atom. The van der Waals surface area contributed by atoms with Crippen LogP contribution in [0, 0.1) is 0 Å². The zero-order valence-electron chi connectivity index (χ0n) is 13.4. The van der Waals surface area contributed by atoms with E-state index < -0.39 is 0 Å². The summed E-state index contributed by atoms with van der Waals surface area (Å²) in [7, 11) is 0. The molecule has 0 heterocycles. The first-order chi connectivity index (χ1) is 8.10. The van der Waals surface area contributed by atoms with Crippen LogP contribution in [0.5, 0.6) is 0 Å². The molecule has 7 heteroatoms. The molecule has 0 aliphatic carbocycles. The lowest BCUT2D eigenvalue weighted by Gasteiger charge is -2.46. The van der Waals surface area contributed by atoms with Gasteiger partial charge in [0.05, 0.1) is 0 Å². The van der Waals surface area contributed by atoms with E-state index in [1.54, 1.807) is 0 Å². The average Bonchev–Trinajstić information content (AvgIpc) is 2.13. The Morgan fingerprint density at radius 1 is 0.474 bits per heavy atom. The zero-order valence-corrected chi connectivity index (χ0v) is 21.8. The van der Waals surface area contributed by atoms with E-state index in [1.165, 1.54) is 0 Å². The summed E-state index contributed by atoms with van der Waals surface area (Å²) >= 11 is 12.4. The van der Waals surface area contributed by atoms with Crippen molar-refractivity contribution < 1.29 is 0 Å². The predicted octanol–water partition coefficient (Wildman–Crippen LogP) is 9.98. The van der Waals surface area contributed by atoms with Crippen molar-refractivity contribution in [2.45, 2.75) is 77.8 Å². The van der Waals surface area contributed by atoms with E-state index in [1.807, 2.05) is 0 Å². The van der Waals surface area contributed by atoms with Gasteiger partial charge in [-0.2, -0.15) is 0 Å². The fourth-order valence-electron chi connectivity index (χ4n) is 1.01. The lowest BCUT2D eigenvalue weighted by Crippen LogP contribution is -2.13. The van der Waals surface area contributed by atoms with Gasteiger partial charge in [-0.1, -0.05) is 109 Å². The molecule has 0 fully saturated rings. The largest absolute Gasteiger partial charge is 0.0551 e. The maximum Gasteiger partial charge on any atom is 0.00554 e. The molecule has 3 atom stereocenters. The Bertz CT molecular complexity index is 243. The molecule has 116 valence electrons. The van der Waals surface area contributed by atoms with E-state index in [0.29, 0.717) is 15.5 Å². The van der Waals surface area contributed by atoms with E-state index in [-0.39, 0.29) is 25.9 Å². The monoisotopic (exact) mass is 532 g/mol. The molecule has 0 radical (unpaired) electrons. The highest BCUT2D eigenvalue weighted by atomic mass is 79.9. The second kappa shape index (κ2) is 7.82. The molecule has 3 unspecified atom stereocenters. The SMILES string of the molecule is CC(C)(C)P(Br)P(P(Br)C(C)(C)C)P(Br)C(C)(C)C. The number of hydrogen-bond acceptors (Lipinski definition) is 0. The summed E-state index contributed by atoms with van der Waals surface area (Å²) in [5.41, 5.74) is 0. The molecule has 0 aliphatic rings. The summed E-state index contributed by atoms with van der Waals surface area (Å²) < 4.78 is 0. The summed E-state index contributed by atoms with van der Waals surface area (Å²) in [6.45, 7) is 21.3. The van der Waals surface area contributed by atoms with Crippen LogP contribution >= 0.6 is 72.4 Å². The van der Waals surface area contributed by atoms with Gasteiger partial charge in [0.15, 0.2) is 0 Å². The molecular weight excluding hydrogens is 508 g/mol. The number of hydrogen-bond donors (Lipinski definition) is 0. The normalized spacial score (nSPS) is 20.8. The van der Waals surface area contributed by atoms with Crippen LogP contribution in [-0.2, 0) is 0 Å². The van der Waals surface area contributed by atoms with Gasteiger partial charge in [-0.15, -0.1) is 0 Å². The van der Waals surface area contributed by atoms with Crippen LogP contribution in [0.4, 0.5) is 0 Å². The summed E-state index contributed by atoms with van der Waals surface area (Å²) in [5.74, 6) is 0. The number of rotatable bonds is 3. The second-order valence-corrected chi connectivity index (χ2v) is 35.0. The smallest absolute Gasteiger partial charge is 0.00554 e. The molecule has 0 saturated carbocycles. The highest BCUT2D eigenvalue weighted by Crippen LogP contribution is 3.10. The first kappa shape index (κ1) is 22.2. The van der Waals surface area contributed by atoms with Crippen molar-refractivity contribution in [2.75, 3.05) is 0 Å². The lowest BCUT2D eigenvalue weighted by molar-refractivity contribution is 0.796. The van der Waals surface area contributed by atoms with Gasteiger partial charge in [-0.3, -0.25) is 0 Å². The molecule has 19 heavy (non-hydrogen) atoms. The maximum atomic E-state index is 4.12. The summed E-state index contributed by atoms with van der Waals surface area (Å²) in [6, 6.07) is 0. The van der Waals surface area contributed by atoms with E-state index >= 15 is 0 Å². The van der Waals surface area contributed by atoms with Crippen molar-refractivity contribution in [3.05, 3.63) is 0 Å². The van der Waals surface area contributed by atoms with Gasteiger partial charge in [0.25, 0.3) is 0 Å². The quantitative estimate of drug-likeness (QED) is 0.316. The standard InChI is InChI=1S/C12H27Br3P4/c1-10(2,3)16(13)19(17(14)11(4,5)6)18(15)12(7,8)9/h1-9H3. The van der Waals surface area contributed by atoms with Crippen LogP contribution in [0.1, 0.15) is 62.3 Å². The van der Waals surface area contributed by atoms with Crippen LogP contribution in [-0.4, -0.2) is 15.5 Å². The third kappa shape index (κ3) is 7.06. The van der Waals surface area contributed by atoms with Gasteiger partial charge in [-0.25, -0.2) is 0 Å². The van der Waals surface area contributed by atoms with Crippen LogP contribution in [0.2, 0.25) is 0 Å². The first-order valence-electron chi connectivity index (χ1n) is 6.28. The summed E-state index contributed by atoms with van der Waals surface area (Å²) in [5, 5.41) is 1.08. The zero-order chi connectivity index (χ0) is 15.8. The van der Waals surface area contributed by atoms with Gasteiger partial charge in [0.2, 0.25) is 0 Å². The predicted molar refractivity (Wildman–Crippen MR) is 114 cm³/mol. The van der Waals surface area contributed by atoms with Gasteiger partial charge >= 0.3 is 0 Å². The van der Waals surface area contributed by atoms with Gasteiger partial charge < -0.3 is 0 Å². The van der Waals surface area contributed by atoms with Crippen molar-refractivity contribution in [2.24, 2.45) is 0 Å². The van der Waals surface area contributed by atoms with Crippen molar-refractivity contribution >= 4 is 72.4 Å². The molecule has 0 aromatic heterocycles. The minimum atomic E-state index is -0.151. The highest BCUT2D eigenvalue weighted by molar-refractivity contribution is 9.63. The molecular formula is C12H27Br3P4. The second-order valence-electron chi connectivity index (χ2n) is 7.56. The molecule has 0 aromatic rings. The Labute approximate surface area is 149 Å². The maximum absolute atomic E-state index is 4.12. The molecule has 0 spiro atoms. The summed E-state index contributed by atoms with van der Waals surface area (Å²) in [6.07, 6.45) is -0.454. The van der Waals surface area contributed by atoms with Crippen LogP contribution in [0.3, 0.4) is 0 Å². The van der Waals surface area contributed by atoms with E-state index in [2.05, 4.69) is 109 Å². The third-order valence-corrected chi connectivity index (χ3v) is 55.7. The Morgan fingerprint density at radius 2 is 0.632 bits per heavy atom. The fourth-order valence-corrected chi connectivity index (χ4v) is 65.7. The Hall–Kier alpha value is 3.16. The minimum absolute atomic E-state index is 0.0640. The highest BCUT2D eigenvalue weighted by Gasteiger charge is 2.45. The van der Waals surface area contributed by atoms with Crippen LogP contribution < -0.4 is 0 Å². The van der Waals surface area contributed by atoms with Crippen LogP contribution in [0.15, 0.2) is 0 Å². The van der Waals surface area contributed by atoms with E-state index in [9.17, 15) is 0 Å². The van der Waals surface area contributed by atoms with Crippen molar-refractivity contribution in [3.63, 3.8) is 0 Å². The molecule has 0 bridgehead atoms. The van der Waals surface area contributed by atoms with E-state index in [4.69, 9.17) is 0 Å². The van der Waals surface area contributed by atoms with Crippen LogP contribution in [0.25, 0.3) is 0 Å². The molecule has 0 nitrogen and oxygen atoms in total. The molecule has 0 rings (SSSR count). The summed E-state index contributed by atoms with van der Waals surface area (Å²) in [4.78, 5) is 0. The van der Waals surface area contributed by atoms with Crippen molar-refractivity contribution in [1.82, 2.24) is 0 Å². The lowest BCUT2D eigenvalue weighted by atomic mass is 10.3. The Kier molecular flexibility index (Phi) is 9.12. The number of halogens is 3. The molecule has 0 saturated heterocycles. The molecule has 0 aliphatic heterocycles. The van der Waals surface area contributed by atoms with Gasteiger partial charge in [-0.05, 0) is 15.5 Å². The first-order valence-corrected chi connectivity index (χ1v) is 19.8. The van der Waals surface area contributed by atoms with E-state index in [0.717, 1.165) is 0 Å². The third-order valence-electron chi connectivity index (χ3n) is 2.13. The fraction of sp³-hybridized carbons (Fsp3) is 1.00. The van der Waals surface area contributed by atoms with Crippen molar-refractivity contribution in [3.8, 4) is 0 Å². The molecule has 0 amide bonds. The topological polar surface area (TPSA) is 0 Å². The average molecular weight is 535 g/mol. The molecule has 0 aromatic carbocycles. The van der Waals surface area contributed by atoms with Gasteiger partial charge in [0, 0.05) is 25.9 Å².